The molecule has 5 heteroatoms. The summed E-state index contributed by atoms with van der Waals surface area (Å²) in [7, 11) is 0. The van der Waals surface area contributed by atoms with Crippen LogP contribution in [0.5, 0.6) is 0 Å². The maximum Gasteiger partial charge on any atom is 2.00 e. The van der Waals surface area contributed by atoms with Crippen molar-refractivity contribution in [3.8, 4) is 33.9 Å². The van der Waals surface area contributed by atoms with Gasteiger partial charge >= 0.3 is 21.1 Å². The Bertz CT molecular complexity index is 1260. The molecule has 162 valence electrons. The van der Waals surface area contributed by atoms with E-state index in [1.807, 2.05) is 84.9 Å². The summed E-state index contributed by atoms with van der Waals surface area (Å²) in [5, 5.41) is 10.2. The van der Waals surface area contributed by atoms with Gasteiger partial charge in [0.25, 0.3) is 0 Å². The van der Waals surface area contributed by atoms with Crippen molar-refractivity contribution in [2.24, 2.45) is 0 Å². The van der Waals surface area contributed by atoms with Gasteiger partial charge in [-0.3, -0.25) is 0 Å². The van der Waals surface area contributed by atoms with Crippen LogP contribution in [0, 0.1) is 0 Å². The van der Waals surface area contributed by atoms with Crippen molar-refractivity contribution in [2.75, 3.05) is 0 Å². The molecule has 0 amide bonds. The molecule has 0 N–H and O–H groups in total. The number of para-hydroxylation sites is 2. The molecule has 2 aliphatic rings. The molecule has 0 saturated carbocycles. The van der Waals surface area contributed by atoms with Crippen LogP contribution >= 0.6 is 0 Å². The Kier molecular flexibility index (Phi) is 5.93. The van der Waals surface area contributed by atoms with Crippen molar-refractivity contribution in [2.45, 2.75) is 12.1 Å². The predicted octanol–water partition coefficient (Wildman–Crippen LogP) is 7.36. The smallest absolute Gasteiger partial charge is 0.679 e. The van der Waals surface area contributed by atoms with Gasteiger partial charge in [0.05, 0.1) is 22.8 Å². The third-order valence-electron chi connectivity index (χ3n) is 5.77. The number of nitrogens with zero attached hydrogens (tertiary/aromatic N) is 4. The zero-order chi connectivity index (χ0) is 21.3. The number of hydrogen-bond donors (Lipinski definition) is 0. The molecule has 2 unspecified atom stereocenters. The summed E-state index contributed by atoms with van der Waals surface area (Å²) in [6.07, 6.45) is 8.31. The molecule has 33 heavy (non-hydrogen) atoms. The van der Waals surface area contributed by atoms with E-state index in [2.05, 4.69) is 24.3 Å². The van der Waals surface area contributed by atoms with E-state index in [0.717, 1.165) is 45.3 Å². The van der Waals surface area contributed by atoms with Crippen molar-refractivity contribution in [3.05, 3.63) is 120 Å². The summed E-state index contributed by atoms with van der Waals surface area (Å²) in [6, 6.07) is 28.3. The topological polar surface area (TPSA) is 54.0 Å². The molecule has 2 atom stereocenters. The first-order chi connectivity index (χ1) is 15.8. The van der Waals surface area contributed by atoms with Crippen molar-refractivity contribution in [3.63, 3.8) is 0 Å². The summed E-state index contributed by atoms with van der Waals surface area (Å²) in [4.78, 5) is 9.91. The zero-order valence-electron chi connectivity index (χ0n) is 17.7. The minimum absolute atomic E-state index is 0. The van der Waals surface area contributed by atoms with Gasteiger partial charge in [-0.1, -0.05) is 72.8 Å². The van der Waals surface area contributed by atoms with Crippen molar-refractivity contribution in [1.29, 1.82) is 0 Å². The van der Waals surface area contributed by atoms with Crippen molar-refractivity contribution < 1.29 is 21.1 Å². The van der Waals surface area contributed by atoms with Crippen LogP contribution in [0.1, 0.15) is 0 Å². The fraction of sp³-hybridized carbons (Fsp3) is 0.0714. The quantitative estimate of drug-likeness (QED) is 0.210. The third kappa shape index (κ3) is 4.15. The average molecular weight is 608 g/mol. The van der Waals surface area contributed by atoms with Gasteiger partial charge < -0.3 is 10.6 Å². The molecule has 0 saturated heterocycles. The van der Waals surface area contributed by atoms with E-state index in [9.17, 15) is 0 Å². The Balaban J connectivity index is 0.00000228. The second-order valence-corrected chi connectivity index (χ2v) is 7.86. The molecule has 4 nitrogen and oxygen atoms in total. The van der Waals surface area contributed by atoms with Crippen LogP contribution < -0.4 is 0 Å². The van der Waals surface area contributed by atoms with Crippen LogP contribution in [0.25, 0.3) is 44.5 Å². The largest absolute Gasteiger partial charge is 2.00 e. The van der Waals surface area contributed by atoms with Gasteiger partial charge in [-0.05, 0) is 35.4 Å². The average Bonchev–Trinajstić information content (AvgIpc) is 2.86. The third-order valence-corrected chi connectivity index (χ3v) is 5.77. The van der Waals surface area contributed by atoms with Gasteiger partial charge in [-0.2, -0.15) is 0 Å². The Morgan fingerprint density at radius 2 is 0.909 bits per heavy atom. The SMILES string of the molecule is C1=CC2[N-]c3ccccc3-c3cccc(n3)-c3cccc(n3)-c3ccccc3[N-]C2C=C1.[Pt+2]. The van der Waals surface area contributed by atoms with Crippen LogP contribution in [0.15, 0.2) is 109 Å². The second kappa shape index (κ2) is 9.17. The van der Waals surface area contributed by atoms with E-state index in [1.165, 1.54) is 0 Å². The molecule has 1 aliphatic carbocycles. The van der Waals surface area contributed by atoms with Gasteiger partial charge in [0.2, 0.25) is 0 Å². The first-order valence-corrected chi connectivity index (χ1v) is 10.8. The first-order valence-electron chi connectivity index (χ1n) is 10.8. The van der Waals surface area contributed by atoms with Gasteiger partial charge in [0, 0.05) is 0 Å². The van der Waals surface area contributed by atoms with Gasteiger partial charge in [0.15, 0.2) is 0 Å². The van der Waals surface area contributed by atoms with E-state index in [0.29, 0.717) is 0 Å². The number of allylic oxidation sites excluding steroid dienone is 2. The Morgan fingerprint density at radius 3 is 1.39 bits per heavy atom. The molecule has 4 aromatic rings. The summed E-state index contributed by atoms with van der Waals surface area (Å²) >= 11 is 0. The summed E-state index contributed by atoms with van der Waals surface area (Å²) < 4.78 is 0. The normalized spacial score (nSPS) is 17.7. The zero-order valence-corrected chi connectivity index (χ0v) is 19.9. The van der Waals surface area contributed by atoms with Crippen molar-refractivity contribution >= 4 is 11.4 Å². The molecule has 0 radical (unpaired) electrons. The van der Waals surface area contributed by atoms with Crippen LogP contribution in [-0.4, -0.2) is 22.1 Å². The van der Waals surface area contributed by atoms with E-state index >= 15 is 0 Å². The molecular weight excluding hydrogens is 587 g/mol. The second-order valence-electron chi connectivity index (χ2n) is 7.86. The van der Waals surface area contributed by atoms with E-state index < -0.39 is 0 Å². The monoisotopic (exact) mass is 607 g/mol. The van der Waals surface area contributed by atoms with Gasteiger partial charge in [-0.15, -0.1) is 35.6 Å². The van der Waals surface area contributed by atoms with Crippen LogP contribution in [0.4, 0.5) is 11.4 Å². The number of benzene rings is 2. The van der Waals surface area contributed by atoms with Crippen LogP contribution in [0.2, 0.25) is 0 Å². The molecule has 2 aromatic carbocycles. The fourth-order valence-corrected chi connectivity index (χ4v) is 4.20. The maximum absolute atomic E-state index is 5.12. The Morgan fingerprint density at radius 1 is 0.485 bits per heavy atom. The van der Waals surface area contributed by atoms with Gasteiger partial charge in [-0.25, -0.2) is 9.97 Å². The number of rotatable bonds is 0. The van der Waals surface area contributed by atoms with E-state index in [-0.39, 0.29) is 33.1 Å². The van der Waals surface area contributed by atoms with Crippen LogP contribution in [-0.2, 0) is 21.1 Å². The molecule has 3 heterocycles. The molecule has 2 aromatic heterocycles. The standard InChI is InChI=1S/C28H20N4.Pt/c1-3-11-21-19(9-1)23-15-7-17-27(31-23)28-18-8-16-24(32-28)20-10-2-4-12-22(20)30-26-14-6-5-13-25(26)29-21;/h1-18,25-26H;/q-2;+2. The number of aromatic nitrogens is 2. The summed E-state index contributed by atoms with van der Waals surface area (Å²) in [6.45, 7) is 0. The Labute approximate surface area is 207 Å². The molecule has 0 fully saturated rings. The molecular formula is C28H20N4Pt. The predicted molar refractivity (Wildman–Crippen MR) is 130 cm³/mol. The van der Waals surface area contributed by atoms with E-state index in [1.54, 1.807) is 0 Å². The number of fused-ring (bicyclic) bond motifs is 10. The molecule has 6 rings (SSSR count). The minimum Gasteiger partial charge on any atom is -0.679 e. The molecule has 1 aliphatic heterocycles. The summed E-state index contributed by atoms with van der Waals surface area (Å²) in [5.74, 6) is 0. The van der Waals surface area contributed by atoms with Crippen molar-refractivity contribution in [1.82, 2.24) is 9.97 Å². The number of pyridine rings is 2. The molecule has 0 spiro atoms. The minimum atomic E-state index is -0.0976. The maximum atomic E-state index is 5.12. The van der Waals surface area contributed by atoms with E-state index in [4.69, 9.17) is 20.6 Å². The molecule has 4 bridgehead atoms. The Hall–Kier alpha value is -3.49. The van der Waals surface area contributed by atoms with Gasteiger partial charge in [0.1, 0.15) is 0 Å². The van der Waals surface area contributed by atoms with Crippen LogP contribution in [0.3, 0.4) is 0 Å². The summed E-state index contributed by atoms with van der Waals surface area (Å²) in [5.41, 5.74) is 7.27. The number of hydrogen-bond acceptors (Lipinski definition) is 2. The first kappa shape index (κ1) is 21.4. The fourth-order valence-electron chi connectivity index (χ4n) is 4.20.